The Labute approximate surface area is 114 Å². The summed E-state index contributed by atoms with van der Waals surface area (Å²) in [5.74, 6) is -0.542. The van der Waals surface area contributed by atoms with Crippen LogP contribution in [0.5, 0.6) is 0 Å². The summed E-state index contributed by atoms with van der Waals surface area (Å²) in [5.41, 5.74) is 6.40. The number of primary amides is 1. The average molecular weight is 315 g/mol. The summed E-state index contributed by atoms with van der Waals surface area (Å²) in [6, 6.07) is 4.74. The Morgan fingerprint density at radius 2 is 2.28 bits per heavy atom. The molecule has 2 rings (SSSR count). The molecule has 1 heterocycles. The molecule has 98 valence electrons. The van der Waals surface area contributed by atoms with Crippen molar-refractivity contribution >= 4 is 21.8 Å². The van der Waals surface area contributed by atoms with Crippen molar-refractivity contribution < 1.29 is 9.18 Å². The second-order valence-corrected chi connectivity index (χ2v) is 5.49. The number of halogens is 2. The van der Waals surface area contributed by atoms with Crippen molar-refractivity contribution in [1.82, 2.24) is 4.90 Å². The number of carbonyl (C=O) groups excluding carboxylic acids is 1. The van der Waals surface area contributed by atoms with Gasteiger partial charge in [-0.15, -0.1) is 0 Å². The SMILES string of the molecule is NC(=O)C1CCCCN1Cc1ccc(F)c(Br)c1. The number of hydrogen-bond donors (Lipinski definition) is 1. The lowest BCUT2D eigenvalue weighted by molar-refractivity contribution is -0.124. The molecule has 1 saturated heterocycles. The van der Waals surface area contributed by atoms with Crippen LogP contribution < -0.4 is 5.73 Å². The number of benzene rings is 1. The maximum Gasteiger partial charge on any atom is 0.234 e. The van der Waals surface area contributed by atoms with E-state index in [9.17, 15) is 9.18 Å². The first-order valence-electron chi connectivity index (χ1n) is 6.05. The van der Waals surface area contributed by atoms with E-state index < -0.39 is 0 Å². The van der Waals surface area contributed by atoms with E-state index >= 15 is 0 Å². The highest BCUT2D eigenvalue weighted by molar-refractivity contribution is 9.10. The van der Waals surface area contributed by atoms with Crippen molar-refractivity contribution in [1.29, 1.82) is 0 Å². The van der Waals surface area contributed by atoms with Crippen molar-refractivity contribution in [3.05, 3.63) is 34.1 Å². The standard InChI is InChI=1S/C13H16BrFN2O/c14-10-7-9(4-5-11(10)15)8-17-6-2-1-3-12(17)13(16)18/h4-5,7,12H,1-3,6,8H2,(H2,16,18). The van der Waals surface area contributed by atoms with Gasteiger partial charge in [0.2, 0.25) is 5.91 Å². The summed E-state index contributed by atoms with van der Waals surface area (Å²) in [6.07, 6.45) is 2.93. The van der Waals surface area contributed by atoms with Crippen molar-refractivity contribution in [2.45, 2.75) is 31.8 Å². The Bertz CT molecular complexity index is 453. The summed E-state index contributed by atoms with van der Waals surface area (Å²) < 4.78 is 13.6. The van der Waals surface area contributed by atoms with E-state index in [2.05, 4.69) is 20.8 Å². The number of likely N-dealkylation sites (tertiary alicyclic amines) is 1. The Hall–Kier alpha value is -0.940. The van der Waals surface area contributed by atoms with Crippen LogP contribution in [-0.2, 0) is 11.3 Å². The predicted octanol–water partition coefficient (Wildman–Crippen LogP) is 2.43. The molecule has 1 unspecified atom stereocenters. The summed E-state index contributed by atoms with van der Waals surface area (Å²) in [7, 11) is 0. The van der Waals surface area contributed by atoms with Gasteiger partial charge < -0.3 is 5.73 Å². The van der Waals surface area contributed by atoms with E-state index in [1.807, 2.05) is 0 Å². The summed E-state index contributed by atoms with van der Waals surface area (Å²) in [5, 5.41) is 0. The zero-order chi connectivity index (χ0) is 13.1. The largest absolute Gasteiger partial charge is 0.368 e. The molecule has 1 atom stereocenters. The highest BCUT2D eigenvalue weighted by atomic mass is 79.9. The van der Waals surface area contributed by atoms with Gasteiger partial charge in [0.05, 0.1) is 10.5 Å². The predicted molar refractivity (Wildman–Crippen MR) is 71.3 cm³/mol. The fourth-order valence-corrected chi connectivity index (χ4v) is 2.80. The minimum atomic E-state index is -0.274. The molecule has 0 aliphatic carbocycles. The lowest BCUT2D eigenvalue weighted by atomic mass is 10.0. The number of piperidine rings is 1. The first-order valence-corrected chi connectivity index (χ1v) is 6.84. The topological polar surface area (TPSA) is 46.3 Å². The highest BCUT2D eigenvalue weighted by Crippen LogP contribution is 2.22. The fraction of sp³-hybridized carbons (Fsp3) is 0.462. The zero-order valence-corrected chi connectivity index (χ0v) is 11.6. The number of amides is 1. The van der Waals surface area contributed by atoms with Gasteiger partial charge >= 0.3 is 0 Å². The van der Waals surface area contributed by atoms with Crippen molar-refractivity contribution in [2.75, 3.05) is 6.54 Å². The van der Waals surface area contributed by atoms with Crippen LogP contribution in [0.25, 0.3) is 0 Å². The normalized spacial score (nSPS) is 20.9. The van der Waals surface area contributed by atoms with Gasteiger partial charge in [0.15, 0.2) is 0 Å². The molecule has 18 heavy (non-hydrogen) atoms. The number of carbonyl (C=O) groups is 1. The molecule has 0 radical (unpaired) electrons. The molecule has 1 aromatic rings. The molecule has 1 amide bonds. The molecule has 2 N–H and O–H groups in total. The molecule has 1 aromatic carbocycles. The molecule has 1 aliphatic heterocycles. The Balaban J connectivity index is 2.10. The van der Waals surface area contributed by atoms with Gasteiger partial charge in [-0.25, -0.2) is 4.39 Å². The van der Waals surface area contributed by atoms with Crippen molar-refractivity contribution in [3.63, 3.8) is 0 Å². The maximum absolute atomic E-state index is 13.1. The van der Waals surface area contributed by atoms with Crippen LogP contribution in [0.15, 0.2) is 22.7 Å². The molecule has 1 fully saturated rings. The average Bonchev–Trinajstić information content (AvgIpc) is 2.34. The number of hydrogen-bond acceptors (Lipinski definition) is 2. The quantitative estimate of drug-likeness (QED) is 0.931. The molecule has 1 aliphatic rings. The highest BCUT2D eigenvalue weighted by Gasteiger charge is 2.26. The molecule has 3 nitrogen and oxygen atoms in total. The minimum Gasteiger partial charge on any atom is -0.368 e. The Morgan fingerprint density at radius 1 is 1.50 bits per heavy atom. The molecule has 0 spiro atoms. The maximum atomic E-state index is 13.1. The Morgan fingerprint density at radius 3 is 2.94 bits per heavy atom. The van der Waals surface area contributed by atoms with Gasteiger partial charge in [-0.05, 0) is 53.0 Å². The molecule has 0 aromatic heterocycles. The number of nitrogens with zero attached hydrogens (tertiary/aromatic N) is 1. The van der Waals surface area contributed by atoms with E-state index in [1.165, 1.54) is 6.07 Å². The van der Waals surface area contributed by atoms with Crippen LogP contribution in [0.4, 0.5) is 4.39 Å². The third kappa shape index (κ3) is 3.09. The Kier molecular flexibility index (Phi) is 4.35. The second kappa shape index (κ2) is 5.80. The molecular weight excluding hydrogens is 299 g/mol. The van der Waals surface area contributed by atoms with Crippen LogP contribution in [0.2, 0.25) is 0 Å². The van der Waals surface area contributed by atoms with Crippen molar-refractivity contribution in [2.24, 2.45) is 5.73 Å². The number of nitrogens with two attached hydrogens (primary N) is 1. The van der Waals surface area contributed by atoms with Gasteiger partial charge in [0.25, 0.3) is 0 Å². The third-order valence-electron chi connectivity index (χ3n) is 3.31. The van der Waals surface area contributed by atoms with Gasteiger partial charge in [0.1, 0.15) is 5.82 Å². The van der Waals surface area contributed by atoms with E-state index in [1.54, 1.807) is 12.1 Å². The van der Waals surface area contributed by atoms with E-state index in [-0.39, 0.29) is 17.8 Å². The monoisotopic (exact) mass is 314 g/mol. The van der Waals surface area contributed by atoms with Gasteiger partial charge in [-0.3, -0.25) is 9.69 Å². The zero-order valence-electron chi connectivity index (χ0n) is 10.0. The molecular formula is C13H16BrFN2O. The minimum absolute atomic E-state index is 0.192. The first kappa shape index (κ1) is 13.5. The first-order chi connectivity index (χ1) is 8.58. The lowest BCUT2D eigenvalue weighted by Crippen LogP contribution is -2.47. The summed E-state index contributed by atoms with van der Waals surface area (Å²) in [4.78, 5) is 13.5. The van der Waals surface area contributed by atoms with Crippen LogP contribution in [0.3, 0.4) is 0 Å². The van der Waals surface area contributed by atoms with Gasteiger partial charge in [0, 0.05) is 6.54 Å². The summed E-state index contributed by atoms with van der Waals surface area (Å²) >= 11 is 3.17. The van der Waals surface area contributed by atoms with Crippen LogP contribution in [0.1, 0.15) is 24.8 Å². The van der Waals surface area contributed by atoms with Crippen molar-refractivity contribution in [3.8, 4) is 0 Å². The fourth-order valence-electron chi connectivity index (χ4n) is 2.37. The van der Waals surface area contributed by atoms with Gasteiger partial charge in [-0.2, -0.15) is 0 Å². The molecule has 0 saturated carbocycles. The van der Waals surface area contributed by atoms with Crippen LogP contribution in [-0.4, -0.2) is 23.4 Å². The van der Waals surface area contributed by atoms with E-state index in [4.69, 9.17) is 5.73 Å². The molecule has 5 heteroatoms. The third-order valence-corrected chi connectivity index (χ3v) is 3.92. The van der Waals surface area contributed by atoms with E-state index in [0.717, 1.165) is 31.4 Å². The van der Waals surface area contributed by atoms with E-state index in [0.29, 0.717) is 11.0 Å². The van der Waals surface area contributed by atoms with Crippen LogP contribution >= 0.6 is 15.9 Å². The smallest absolute Gasteiger partial charge is 0.234 e. The number of rotatable bonds is 3. The second-order valence-electron chi connectivity index (χ2n) is 4.63. The molecule has 0 bridgehead atoms. The summed E-state index contributed by atoms with van der Waals surface area (Å²) in [6.45, 7) is 1.50. The van der Waals surface area contributed by atoms with Crippen LogP contribution in [0, 0.1) is 5.82 Å². The lowest BCUT2D eigenvalue weighted by Gasteiger charge is -2.33. The van der Waals surface area contributed by atoms with Gasteiger partial charge in [-0.1, -0.05) is 12.5 Å².